The van der Waals surface area contributed by atoms with E-state index >= 15 is 0 Å². The second-order valence-electron chi connectivity index (χ2n) is 7.57. The highest BCUT2D eigenvalue weighted by atomic mass is 35.5. The molecule has 0 aliphatic carbocycles. The number of nitrogens with one attached hydrogen (secondary N) is 1. The van der Waals surface area contributed by atoms with Crippen molar-refractivity contribution in [3.8, 4) is 5.69 Å². The predicted octanol–water partition coefficient (Wildman–Crippen LogP) is 3.24. The fourth-order valence-electron chi connectivity index (χ4n) is 3.82. The van der Waals surface area contributed by atoms with Gasteiger partial charge in [0.1, 0.15) is 5.02 Å². The smallest absolute Gasteiger partial charge is 0.292 e. The van der Waals surface area contributed by atoms with Crippen LogP contribution < -0.4 is 15.8 Å². The lowest BCUT2D eigenvalue weighted by Gasteiger charge is -2.26. The lowest BCUT2D eigenvalue weighted by molar-refractivity contribution is -0.119. The first-order valence-electron chi connectivity index (χ1n) is 10.1. The summed E-state index contributed by atoms with van der Waals surface area (Å²) in [6, 6.07) is 7.26. The molecule has 0 saturated carbocycles. The Morgan fingerprint density at radius 3 is 2.66 bits per heavy atom. The molecule has 1 aromatic carbocycles. The number of carbonyl (C=O) groups is 1. The number of anilines is 2. The monoisotopic (exact) mass is 416 g/mol. The molecule has 1 aromatic heterocycles. The van der Waals surface area contributed by atoms with Gasteiger partial charge < -0.3 is 15.0 Å². The van der Waals surface area contributed by atoms with Crippen LogP contribution in [0.3, 0.4) is 0 Å². The van der Waals surface area contributed by atoms with Crippen LogP contribution in [0.2, 0.25) is 5.02 Å². The molecule has 29 heavy (non-hydrogen) atoms. The van der Waals surface area contributed by atoms with Crippen LogP contribution in [0.15, 0.2) is 35.3 Å². The summed E-state index contributed by atoms with van der Waals surface area (Å²) in [4.78, 5) is 26.6. The Morgan fingerprint density at radius 2 is 1.93 bits per heavy atom. The Balaban J connectivity index is 1.49. The highest BCUT2D eigenvalue weighted by molar-refractivity contribution is 6.32. The molecule has 2 fully saturated rings. The number of nitrogens with zero attached hydrogens (tertiary/aromatic N) is 3. The number of ether oxygens (including phenoxy) is 1. The van der Waals surface area contributed by atoms with Gasteiger partial charge >= 0.3 is 0 Å². The largest absolute Gasteiger partial charge is 0.382 e. The summed E-state index contributed by atoms with van der Waals surface area (Å²) < 4.78 is 6.76. The molecule has 0 unspecified atom stereocenters. The van der Waals surface area contributed by atoms with Crippen LogP contribution >= 0.6 is 11.6 Å². The molecule has 8 heteroatoms. The molecular formula is C21H25ClN4O3. The van der Waals surface area contributed by atoms with Gasteiger partial charge in [0.25, 0.3) is 5.56 Å². The van der Waals surface area contributed by atoms with E-state index in [9.17, 15) is 9.59 Å². The van der Waals surface area contributed by atoms with Gasteiger partial charge in [-0.25, -0.2) is 0 Å². The zero-order chi connectivity index (χ0) is 20.2. The number of benzene rings is 1. The van der Waals surface area contributed by atoms with Gasteiger partial charge in [0.05, 0.1) is 24.2 Å². The summed E-state index contributed by atoms with van der Waals surface area (Å²) in [5.74, 6) is 0.549. The van der Waals surface area contributed by atoms with Crippen molar-refractivity contribution in [1.82, 2.24) is 9.78 Å². The molecular weight excluding hydrogens is 392 g/mol. The molecule has 1 N–H and O–H groups in total. The molecule has 2 aliphatic heterocycles. The van der Waals surface area contributed by atoms with Crippen molar-refractivity contribution < 1.29 is 9.53 Å². The Labute approximate surface area is 174 Å². The second kappa shape index (κ2) is 8.97. The van der Waals surface area contributed by atoms with Crippen LogP contribution in [0.1, 0.15) is 32.1 Å². The lowest BCUT2D eigenvalue weighted by Crippen LogP contribution is -2.35. The topological polar surface area (TPSA) is 76.5 Å². The fraction of sp³-hybridized carbons (Fsp3) is 0.476. The molecule has 2 saturated heterocycles. The van der Waals surface area contributed by atoms with E-state index in [2.05, 4.69) is 10.4 Å². The van der Waals surface area contributed by atoms with Crippen LogP contribution in [0.25, 0.3) is 5.69 Å². The highest BCUT2D eigenvalue weighted by Gasteiger charge is 2.20. The maximum atomic E-state index is 12.7. The minimum atomic E-state index is -0.377. The third-order valence-corrected chi connectivity index (χ3v) is 5.85. The van der Waals surface area contributed by atoms with Gasteiger partial charge in [-0.15, -0.1) is 0 Å². The highest BCUT2D eigenvalue weighted by Crippen LogP contribution is 2.23. The molecule has 2 aliphatic rings. The summed E-state index contributed by atoms with van der Waals surface area (Å²) in [5, 5.41) is 7.62. The minimum absolute atomic E-state index is 0.118. The number of hydrogen-bond acceptors (Lipinski definition) is 5. The molecule has 7 nitrogen and oxygen atoms in total. The minimum Gasteiger partial charge on any atom is -0.382 e. The number of piperidine rings is 1. The van der Waals surface area contributed by atoms with Crippen molar-refractivity contribution in [2.45, 2.75) is 32.1 Å². The van der Waals surface area contributed by atoms with Crippen LogP contribution in [-0.2, 0) is 9.53 Å². The number of amides is 1. The maximum Gasteiger partial charge on any atom is 0.292 e. The standard InChI is InChI=1S/C21H25ClN4O3/c22-20-18(23-12-15-4-3-11-29-14-15)13-24-26(21(20)28)17-8-6-16(7-9-17)25-10-2-1-5-19(25)27/h6-9,13,15,23H,1-5,10-12,14H2/t15-/m0/s1. The third kappa shape index (κ3) is 4.46. The number of halogens is 1. The van der Waals surface area contributed by atoms with Crippen molar-refractivity contribution in [3.63, 3.8) is 0 Å². The van der Waals surface area contributed by atoms with Crippen molar-refractivity contribution in [3.05, 3.63) is 45.8 Å². The molecule has 3 heterocycles. The normalized spacial score (nSPS) is 20.0. The molecule has 1 amide bonds. The molecule has 2 aromatic rings. The first-order valence-corrected chi connectivity index (χ1v) is 10.5. The molecule has 154 valence electrons. The van der Waals surface area contributed by atoms with Crippen LogP contribution in [0, 0.1) is 5.92 Å². The van der Waals surface area contributed by atoms with E-state index < -0.39 is 0 Å². The predicted molar refractivity (Wildman–Crippen MR) is 113 cm³/mol. The van der Waals surface area contributed by atoms with E-state index in [1.165, 1.54) is 4.68 Å². The van der Waals surface area contributed by atoms with E-state index in [1.807, 2.05) is 12.1 Å². The van der Waals surface area contributed by atoms with Crippen LogP contribution in [0.5, 0.6) is 0 Å². The molecule has 0 bridgehead atoms. The number of hydrogen-bond donors (Lipinski definition) is 1. The van der Waals surface area contributed by atoms with Crippen molar-refractivity contribution in [2.75, 3.05) is 36.5 Å². The van der Waals surface area contributed by atoms with E-state index in [0.29, 0.717) is 30.3 Å². The van der Waals surface area contributed by atoms with Crippen molar-refractivity contribution in [2.24, 2.45) is 5.92 Å². The molecule has 0 radical (unpaired) electrons. The first kappa shape index (κ1) is 19.9. The van der Waals surface area contributed by atoms with Gasteiger partial charge in [-0.2, -0.15) is 9.78 Å². The van der Waals surface area contributed by atoms with E-state index in [0.717, 1.165) is 51.1 Å². The van der Waals surface area contributed by atoms with Gasteiger partial charge in [-0.05, 0) is 55.9 Å². The second-order valence-corrected chi connectivity index (χ2v) is 7.95. The van der Waals surface area contributed by atoms with E-state index in [-0.39, 0.29) is 16.5 Å². The zero-order valence-corrected chi connectivity index (χ0v) is 17.0. The number of aromatic nitrogens is 2. The van der Waals surface area contributed by atoms with E-state index in [1.54, 1.807) is 23.2 Å². The van der Waals surface area contributed by atoms with Crippen LogP contribution in [-0.4, -0.2) is 42.0 Å². The Hall–Kier alpha value is -2.38. The summed E-state index contributed by atoms with van der Waals surface area (Å²) in [5.41, 5.74) is 1.61. The average molecular weight is 417 g/mol. The third-order valence-electron chi connectivity index (χ3n) is 5.48. The van der Waals surface area contributed by atoms with Gasteiger partial charge in [0.2, 0.25) is 5.91 Å². The average Bonchev–Trinajstić information content (AvgIpc) is 2.76. The zero-order valence-electron chi connectivity index (χ0n) is 16.3. The van der Waals surface area contributed by atoms with Gasteiger partial charge in [0.15, 0.2) is 0 Å². The summed E-state index contributed by atoms with van der Waals surface area (Å²) in [6.45, 7) is 2.97. The number of rotatable bonds is 5. The summed E-state index contributed by atoms with van der Waals surface area (Å²) >= 11 is 6.32. The molecule has 0 spiro atoms. The first-order chi connectivity index (χ1) is 14.1. The maximum absolute atomic E-state index is 12.7. The Morgan fingerprint density at radius 1 is 1.14 bits per heavy atom. The SMILES string of the molecule is O=C1CCCCN1c1ccc(-n2ncc(NC[C@@H]3CCCOC3)c(Cl)c2=O)cc1. The number of carbonyl (C=O) groups excluding carboxylic acids is 1. The summed E-state index contributed by atoms with van der Waals surface area (Å²) in [6.07, 6.45) is 6.26. The van der Waals surface area contributed by atoms with E-state index in [4.69, 9.17) is 16.3 Å². The quantitative estimate of drug-likeness (QED) is 0.809. The van der Waals surface area contributed by atoms with Gasteiger partial charge in [-0.3, -0.25) is 9.59 Å². The van der Waals surface area contributed by atoms with Gasteiger partial charge in [-0.1, -0.05) is 11.6 Å². The molecule has 4 rings (SSSR count). The summed E-state index contributed by atoms with van der Waals surface area (Å²) in [7, 11) is 0. The van der Waals surface area contributed by atoms with Crippen molar-refractivity contribution in [1.29, 1.82) is 0 Å². The van der Waals surface area contributed by atoms with Crippen molar-refractivity contribution >= 4 is 28.9 Å². The fourth-order valence-corrected chi connectivity index (χ4v) is 4.01. The molecule has 1 atom stereocenters. The Bertz CT molecular complexity index is 923. The Kier molecular flexibility index (Phi) is 6.16. The van der Waals surface area contributed by atoms with Gasteiger partial charge in [0, 0.05) is 31.8 Å². The lowest BCUT2D eigenvalue weighted by atomic mass is 10.0. The van der Waals surface area contributed by atoms with Crippen LogP contribution in [0.4, 0.5) is 11.4 Å².